The third kappa shape index (κ3) is 3.96. The molecule has 56 heavy (non-hydrogen) atoms. The molecule has 13 rings (SSSR count). The molecule has 8 heteroatoms. The molecule has 2 aliphatic rings. The number of aromatic amines is 2. The lowest BCUT2D eigenvalue weighted by atomic mass is 9.94. The number of benzene rings is 4. The summed E-state index contributed by atoms with van der Waals surface area (Å²) in [6.07, 6.45) is 7.35. The predicted octanol–water partition coefficient (Wildman–Crippen LogP) is 11.5. The minimum Gasteiger partial charge on any atom is -0.354 e. The van der Waals surface area contributed by atoms with Gasteiger partial charge in [0.1, 0.15) is 0 Å². The van der Waals surface area contributed by atoms with Gasteiger partial charge in [-0.2, -0.15) is 0 Å². The lowest BCUT2D eigenvalue weighted by Crippen LogP contribution is -1.90. The minimum absolute atomic E-state index is 0.858. The van der Waals surface area contributed by atoms with Crippen molar-refractivity contribution < 1.29 is 0 Å². The third-order valence-electron chi connectivity index (χ3n) is 11.4. The van der Waals surface area contributed by atoms with Crippen LogP contribution in [0.5, 0.6) is 0 Å². The normalized spacial score (nSPS) is 12.3. The molecule has 0 saturated carbocycles. The number of pyridine rings is 4. The van der Waals surface area contributed by atoms with Crippen LogP contribution in [0.4, 0.5) is 0 Å². The number of hydrogen-bond acceptors (Lipinski definition) is 6. The van der Waals surface area contributed by atoms with Crippen LogP contribution in [0.1, 0.15) is 0 Å². The first-order valence-electron chi connectivity index (χ1n) is 18.6. The van der Waals surface area contributed by atoms with Crippen molar-refractivity contribution in [2.75, 3.05) is 0 Å². The second kappa shape index (κ2) is 10.9. The Hall–Kier alpha value is -7.84. The van der Waals surface area contributed by atoms with E-state index >= 15 is 0 Å². The molecule has 0 atom stereocenters. The Balaban J connectivity index is 1.27. The molecule has 8 bridgehead atoms. The van der Waals surface area contributed by atoms with Gasteiger partial charge >= 0.3 is 0 Å². The molecule has 8 nitrogen and oxygen atoms in total. The molecule has 0 fully saturated rings. The Morgan fingerprint density at radius 2 is 0.536 bits per heavy atom. The van der Waals surface area contributed by atoms with Gasteiger partial charge in [-0.3, -0.25) is 19.9 Å². The monoisotopic (exact) mass is 714 g/mol. The van der Waals surface area contributed by atoms with E-state index in [0.29, 0.717) is 0 Å². The molecule has 11 aromatic rings. The van der Waals surface area contributed by atoms with Gasteiger partial charge in [-0.15, -0.1) is 0 Å². The molecular formula is C48H26N8. The summed E-state index contributed by atoms with van der Waals surface area (Å²) < 4.78 is 0. The fraction of sp³-hybridized carbons (Fsp3) is 0. The van der Waals surface area contributed by atoms with Crippen molar-refractivity contribution in [3.63, 3.8) is 0 Å². The molecule has 2 N–H and O–H groups in total. The molecular weight excluding hydrogens is 689 g/mol. The van der Waals surface area contributed by atoms with Crippen molar-refractivity contribution in [1.82, 2.24) is 39.9 Å². The molecule has 258 valence electrons. The first-order valence-corrected chi connectivity index (χ1v) is 18.6. The van der Waals surface area contributed by atoms with Crippen LogP contribution >= 0.6 is 0 Å². The van der Waals surface area contributed by atoms with Gasteiger partial charge in [0.25, 0.3) is 0 Å². The van der Waals surface area contributed by atoms with E-state index in [9.17, 15) is 0 Å². The van der Waals surface area contributed by atoms with Crippen LogP contribution in [0.25, 0.3) is 132 Å². The maximum Gasteiger partial charge on any atom is 0.0971 e. The predicted molar refractivity (Wildman–Crippen MR) is 226 cm³/mol. The van der Waals surface area contributed by atoms with E-state index < -0.39 is 0 Å². The standard InChI is InChI=1S/C48H26N8/c1-2-10-26-25(9-1)33-21-37-41-29-13-5-17-49-45(29)47-31(15-7-19-51-47)43(41)39(55-37)23-35-27-11-3-4-12-28(27)36(54-35)24-40-44-32-16-8-20-52-48(32)46-30(14-6-18-50-46)42(44)38(56-40)22-34(26)53-33/h1-24,53-54H. The third-order valence-corrected chi connectivity index (χ3v) is 11.4. The summed E-state index contributed by atoms with van der Waals surface area (Å²) in [7, 11) is 0. The van der Waals surface area contributed by atoms with Crippen LogP contribution in [-0.2, 0) is 0 Å². The number of aromatic nitrogens is 8. The summed E-state index contributed by atoms with van der Waals surface area (Å²) in [6, 6.07) is 42.3. The van der Waals surface area contributed by atoms with Crippen molar-refractivity contribution >= 4 is 87.2 Å². The smallest absolute Gasteiger partial charge is 0.0971 e. The number of hydrogen-bond donors (Lipinski definition) is 2. The average Bonchev–Trinajstić information content (AvgIpc) is 4.00. The van der Waals surface area contributed by atoms with E-state index in [1.165, 1.54) is 0 Å². The summed E-state index contributed by atoms with van der Waals surface area (Å²) in [5.74, 6) is 0. The van der Waals surface area contributed by atoms with E-state index in [2.05, 4.69) is 107 Å². The SMILES string of the molecule is c1cnc2c(c1)c1c(c3cccnc32)-c2cc3[nH]c(cc4nc(cc5[nH]c(cc-1n2)c1ccccc51)-c1c-4c2cccnc2c2ncccc12)c1ccccc31. The van der Waals surface area contributed by atoms with Crippen LogP contribution < -0.4 is 0 Å². The number of nitrogens with zero attached hydrogens (tertiary/aromatic N) is 6. The molecule has 0 unspecified atom stereocenters. The van der Waals surface area contributed by atoms with Gasteiger partial charge in [-0.1, -0.05) is 72.8 Å². The van der Waals surface area contributed by atoms with Gasteiger partial charge < -0.3 is 9.97 Å². The first kappa shape index (κ1) is 29.6. The molecule has 4 aromatic carbocycles. The second-order valence-corrected chi connectivity index (χ2v) is 14.4. The Labute approximate surface area is 317 Å². The van der Waals surface area contributed by atoms with Crippen molar-refractivity contribution in [3.8, 4) is 45.0 Å². The summed E-state index contributed by atoms with van der Waals surface area (Å²) >= 11 is 0. The van der Waals surface area contributed by atoms with Gasteiger partial charge in [0.05, 0.1) is 44.8 Å². The largest absolute Gasteiger partial charge is 0.354 e. The molecule has 0 aliphatic carbocycles. The molecule has 0 spiro atoms. The maximum absolute atomic E-state index is 5.47. The van der Waals surface area contributed by atoms with E-state index in [-0.39, 0.29) is 0 Å². The fourth-order valence-electron chi connectivity index (χ4n) is 9.15. The molecule has 0 saturated heterocycles. The van der Waals surface area contributed by atoms with Crippen LogP contribution in [0.2, 0.25) is 0 Å². The summed E-state index contributed by atoms with van der Waals surface area (Å²) in [6.45, 7) is 0. The van der Waals surface area contributed by atoms with E-state index in [0.717, 1.165) is 132 Å². The summed E-state index contributed by atoms with van der Waals surface area (Å²) in [5.41, 5.74) is 14.9. The summed E-state index contributed by atoms with van der Waals surface area (Å²) in [4.78, 5) is 38.0. The minimum atomic E-state index is 0.858. The highest BCUT2D eigenvalue weighted by molar-refractivity contribution is 6.22. The Bertz CT molecular complexity index is 3250. The van der Waals surface area contributed by atoms with Crippen LogP contribution in [0.3, 0.4) is 0 Å². The highest BCUT2D eigenvalue weighted by Gasteiger charge is 2.27. The van der Waals surface area contributed by atoms with Crippen LogP contribution in [-0.4, -0.2) is 39.9 Å². The molecule has 0 radical (unpaired) electrons. The van der Waals surface area contributed by atoms with Gasteiger partial charge in [0, 0.05) is 112 Å². The lowest BCUT2D eigenvalue weighted by Gasteiger charge is -2.10. The van der Waals surface area contributed by atoms with Gasteiger partial charge in [-0.25, -0.2) is 9.97 Å². The average molecular weight is 715 g/mol. The highest BCUT2D eigenvalue weighted by atomic mass is 14.8. The molecule has 7 aromatic heterocycles. The van der Waals surface area contributed by atoms with E-state index in [4.69, 9.17) is 29.9 Å². The highest BCUT2D eigenvalue weighted by Crippen LogP contribution is 2.48. The molecule has 2 aliphatic heterocycles. The van der Waals surface area contributed by atoms with Gasteiger partial charge in [0.2, 0.25) is 0 Å². The number of nitrogens with one attached hydrogen (secondary N) is 2. The number of H-pyrrole nitrogens is 2. The van der Waals surface area contributed by atoms with Crippen LogP contribution in [0.15, 0.2) is 146 Å². The maximum atomic E-state index is 5.47. The molecule has 0 amide bonds. The Morgan fingerprint density at radius 3 is 0.804 bits per heavy atom. The quantitative estimate of drug-likeness (QED) is 0.151. The zero-order valence-corrected chi connectivity index (χ0v) is 29.5. The van der Waals surface area contributed by atoms with E-state index in [1.807, 2.05) is 49.1 Å². The van der Waals surface area contributed by atoms with Crippen molar-refractivity contribution in [2.45, 2.75) is 0 Å². The molecule has 9 heterocycles. The fourth-order valence-corrected chi connectivity index (χ4v) is 9.15. The zero-order chi connectivity index (χ0) is 36.5. The van der Waals surface area contributed by atoms with E-state index in [1.54, 1.807) is 0 Å². The number of rotatable bonds is 0. The lowest BCUT2D eigenvalue weighted by molar-refractivity contribution is 1.38. The topological polar surface area (TPSA) is 109 Å². The van der Waals surface area contributed by atoms with Crippen molar-refractivity contribution in [1.29, 1.82) is 0 Å². The summed E-state index contributed by atoms with van der Waals surface area (Å²) in [5, 5.41) is 8.44. The Kier molecular flexibility index (Phi) is 5.74. The number of fused-ring (bicyclic) bond motifs is 30. The second-order valence-electron chi connectivity index (χ2n) is 14.4. The first-order chi connectivity index (χ1) is 27.8. The van der Waals surface area contributed by atoms with Crippen molar-refractivity contribution in [3.05, 3.63) is 146 Å². The van der Waals surface area contributed by atoms with Gasteiger partial charge in [-0.05, 0) is 48.5 Å². The van der Waals surface area contributed by atoms with Crippen molar-refractivity contribution in [2.24, 2.45) is 0 Å². The zero-order valence-electron chi connectivity index (χ0n) is 29.5. The van der Waals surface area contributed by atoms with Crippen LogP contribution in [0, 0.1) is 0 Å². The van der Waals surface area contributed by atoms with Gasteiger partial charge in [0.15, 0.2) is 0 Å². The Morgan fingerprint density at radius 1 is 0.286 bits per heavy atom.